The first-order valence-electron chi connectivity index (χ1n) is 6.69. The van der Waals surface area contributed by atoms with Gasteiger partial charge in [-0.2, -0.15) is 0 Å². The maximum Gasteiger partial charge on any atom is 0.141 e. The van der Waals surface area contributed by atoms with Crippen molar-refractivity contribution in [3.63, 3.8) is 0 Å². The van der Waals surface area contributed by atoms with Crippen LogP contribution >= 0.6 is 11.6 Å². The summed E-state index contributed by atoms with van der Waals surface area (Å²) in [6.07, 6.45) is 1.13. The number of benzene rings is 1. The molecule has 1 fully saturated rings. The van der Waals surface area contributed by atoms with E-state index in [9.17, 15) is 4.39 Å². The summed E-state index contributed by atoms with van der Waals surface area (Å²) < 4.78 is 13.2. The molecule has 0 aromatic heterocycles. The molecule has 5 heteroatoms. The number of nitrogens with zero attached hydrogens (tertiary/aromatic N) is 2. The van der Waals surface area contributed by atoms with Gasteiger partial charge in [0.05, 0.1) is 5.02 Å². The molecule has 1 heterocycles. The highest BCUT2D eigenvalue weighted by Crippen LogP contribution is 2.25. The third-order valence-corrected chi connectivity index (χ3v) is 4.04. The number of rotatable bonds is 3. The van der Waals surface area contributed by atoms with Crippen molar-refractivity contribution in [1.82, 2.24) is 9.80 Å². The second-order valence-electron chi connectivity index (χ2n) is 5.12. The van der Waals surface area contributed by atoms with Gasteiger partial charge in [-0.1, -0.05) is 17.7 Å². The Balaban J connectivity index is 2.16. The molecular formula is C14H21ClFN3. The van der Waals surface area contributed by atoms with Crippen LogP contribution in [0.5, 0.6) is 0 Å². The molecule has 19 heavy (non-hydrogen) atoms. The van der Waals surface area contributed by atoms with Gasteiger partial charge in [0.15, 0.2) is 0 Å². The smallest absolute Gasteiger partial charge is 0.141 e. The lowest BCUT2D eigenvalue weighted by Crippen LogP contribution is -2.36. The minimum Gasteiger partial charge on any atom is -0.329 e. The SMILES string of the molecule is CN1CCCN(C(CN)c2ccc(F)c(Cl)c2)CC1. The minimum atomic E-state index is -0.378. The van der Waals surface area contributed by atoms with Crippen molar-refractivity contribution in [2.45, 2.75) is 12.5 Å². The van der Waals surface area contributed by atoms with E-state index in [1.807, 2.05) is 0 Å². The van der Waals surface area contributed by atoms with Crippen LogP contribution in [0.15, 0.2) is 18.2 Å². The van der Waals surface area contributed by atoms with Gasteiger partial charge in [-0.25, -0.2) is 4.39 Å². The molecule has 1 aromatic carbocycles. The van der Waals surface area contributed by atoms with Gasteiger partial charge < -0.3 is 10.6 Å². The van der Waals surface area contributed by atoms with Crippen molar-refractivity contribution in [1.29, 1.82) is 0 Å². The molecule has 1 aliphatic heterocycles. The first-order chi connectivity index (χ1) is 9.11. The fourth-order valence-corrected chi connectivity index (χ4v) is 2.78. The quantitative estimate of drug-likeness (QED) is 0.923. The van der Waals surface area contributed by atoms with E-state index in [0.29, 0.717) is 6.54 Å². The second-order valence-corrected chi connectivity index (χ2v) is 5.53. The van der Waals surface area contributed by atoms with Gasteiger partial charge in [0.2, 0.25) is 0 Å². The summed E-state index contributed by atoms with van der Waals surface area (Å²) in [5.74, 6) is -0.378. The summed E-state index contributed by atoms with van der Waals surface area (Å²) >= 11 is 5.87. The van der Waals surface area contributed by atoms with Crippen LogP contribution in [-0.4, -0.2) is 49.6 Å². The van der Waals surface area contributed by atoms with Crippen molar-refractivity contribution >= 4 is 11.6 Å². The molecule has 0 radical (unpaired) electrons. The lowest BCUT2D eigenvalue weighted by atomic mass is 10.0. The molecule has 3 nitrogen and oxygen atoms in total. The van der Waals surface area contributed by atoms with Gasteiger partial charge in [-0.3, -0.25) is 4.90 Å². The Bertz CT molecular complexity index is 427. The van der Waals surface area contributed by atoms with Gasteiger partial charge >= 0.3 is 0 Å². The van der Waals surface area contributed by atoms with Crippen LogP contribution in [0.25, 0.3) is 0 Å². The minimum absolute atomic E-state index is 0.115. The lowest BCUT2D eigenvalue weighted by molar-refractivity contribution is 0.208. The van der Waals surface area contributed by atoms with E-state index in [1.54, 1.807) is 12.1 Å². The molecule has 0 saturated carbocycles. The highest BCUT2D eigenvalue weighted by atomic mass is 35.5. The maximum absolute atomic E-state index is 13.2. The Hall–Kier alpha value is -0.680. The summed E-state index contributed by atoms with van der Waals surface area (Å²) in [7, 11) is 2.13. The summed E-state index contributed by atoms with van der Waals surface area (Å²) in [5, 5.41) is 0.169. The zero-order valence-electron chi connectivity index (χ0n) is 11.3. The van der Waals surface area contributed by atoms with Crippen molar-refractivity contribution < 1.29 is 4.39 Å². The molecule has 0 spiro atoms. The molecule has 2 rings (SSSR count). The fraction of sp³-hybridized carbons (Fsp3) is 0.571. The van der Waals surface area contributed by atoms with Crippen LogP contribution in [0, 0.1) is 5.82 Å². The normalized spacial score (nSPS) is 20.2. The first-order valence-corrected chi connectivity index (χ1v) is 7.07. The Morgan fingerprint density at radius 1 is 1.32 bits per heavy atom. The summed E-state index contributed by atoms with van der Waals surface area (Å²) in [5.41, 5.74) is 6.92. The zero-order chi connectivity index (χ0) is 13.8. The van der Waals surface area contributed by atoms with Gasteiger partial charge in [-0.15, -0.1) is 0 Å². The topological polar surface area (TPSA) is 32.5 Å². The van der Waals surface area contributed by atoms with E-state index in [-0.39, 0.29) is 16.9 Å². The van der Waals surface area contributed by atoms with E-state index in [4.69, 9.17) is 17.3 Å². The van der Waals surface area contributed by atoms with Crippen molar-refractivity contribution in [3.8, 4) is 0 Å². The first kappa shape index (κ1) is 14.7. The second kappa shape index (κ2) is 6.66. The number of nitrogens with two attached hydrogens (primary N) is 1. The predicted octanol–water partition coefficient (Wildman–Crippen LogP) is 2.12. The molecule has 1 aromatic rings. The number of hydrogen-bond donors (Lipinski definition) is 1. The molecule has 1 saturated heterocycles. The van der Waals surface area contributed by atoms with Gasteiger partial charge in [0, 0.05) is 32.2 Å². The van der Waals surface area contributed by atoms with E-state index >= 15 is 0 Å². The highest BCUT2D eigenvalue weighted by molar-refractivity contribution is 6.30. The average molecular weight is 286 g/mol. The Morgan fingerprint density at radius 2 is 2.11 bits per heavy atom. The highest BCUT2D eigenvalue weighted by Gasteiger charge is 2.22. The largest absolute Gasteiger partial charge is 0.329 e. The summed E-state index contributed by atoms with van der Waals surface area (Å²) in [6, 6.07) is 5.02. The van der Waals surface area contributed by atoms with E-state index < -0.39 is 0 Å². The third-order valence-electron chi connectivity index (χ3n) is 3.75. The monoisotopic (exact) mass is 285 g/mol. The van der Waals surface area contributed by atoms with Crippen LogP contribution in [0.2, 0.25) is 5.02 Å². The van der Waals surface area contributed by atoms with Crippen molar-refractivity contribution in [2.24, 2.45) is 5.73 Å². The van der Waals surface area contributed by atoms with E-state index in [2.05, 4.69) is 16.8 Å². The summed E-state index contributed by atoms with van der Waals surface area (Å²) in [6.45, 7) is 4.66. The van der Waals surface area contributed by atoms with E-state index in [0.717, 1.165) is 38.2 Å². The van der Waals surface area contributed by atoms with Gasteiger partial charge in [0.25, 0.3) is 0 Å². The Morgan fingerprint density at radius 3 is 2.79 bits per heavy atom. The van der Waals surface area contributed by atoms with Crippen LogP contribution in [0.4, 0.5) is 4.39 Å². The van der Waals surface area contributed by atoms with Gasteiger partial charge in [-0.05, 0) is 37.7 Å². The molecule has 0 aliphatic carbocycles. The molecule has 106 valence electrons. The van der Waals surface area contributed by atoms with E-state index in [1.165, 1.54) is 6.07 Å². The van der Waals surface area contributed by atoms with Crippen LogP contribution in [0.3, 0.4) is 0 Å². The molecule has 2 N–H and O–H groups in total. The van der Waals surface area contributed by atoms with Crippen LogP contribution < -0.4 is 5.73 Å². The number of hydrogen-bond acceptors (Lipinski definition) is 3. The molecule has 1 unspecified atom stereocenters. The number of halogens is 2. The predicted molar refractivity (Wildman–Crippen MR) is 76.9 cm³/mol. The molecule has 0 amide bonds. The molecular weight excluding hydrogens is 265 g/mol. The fourth-order valence-electron chi connectivity index (χ4n) is 2.59. The molecule has 1 atom stereocenters. The zero-order valence-corrected chi connectivity index (χ0v) is 12.0. The molecule has 1 aliphatic rings. The lowest BCUT2D eigenvalue weighted by Gasteiger charge is -2.30. The maximum atomic E-state index is 13.2. The van der Waals surface area contributed by atoms with Crippen molar-refractivity contribution in [2.75, 3.05) is 39.8 Å². The standard InChI is InChI=1S/C14H21ClFN3/c1-18-5-2-6-19(8-7-18)14(10-17)11-3-4-13(16)12(15)9-11/h3-4,9,14H,2,5-8,10,17H2,1H3. The van der Waals surface area contributed by atoms with Gasteiger partial charge in [0.1, 0.15) is 5.82 Å². The number of likely N-dealkylation sites (N-methyl/N-ethyl adjacent to an activating group) is 1. The Labute approximate surface area is 119 Å². The Kier molecular flexibility index (Phi) is 5.16. The van der Waals surface area contributed by atoms with Crippen molar-refractivity contribution in [3.05, 3.63) is 34.6 Å². The summed E-state index contributed by atoms with van der Waals surface area (Å²) in [4.78, 5) is 4.69. The van der Waals surface area contributed by atoms with Crippen LogP contribution in [0.1, 0.15) is 18.0 Å². The average Bonchev–Trinajstić information content (AvgIpc) is 2.60. The third kappa shape index (κ3) is 3.66. The van der Waals surface area contributed by atoms with Crippen LogP contribution in [-0.2, 0) is 0 Å². The molecule has 0 bridgehead atoms.